The molecule has 0 spiro atoms. The topological polar surface area (TPSA) is 74.0 Å². The number of fused-ring (bicyclic) bond motifs is 1. The fraction of sp³-hybridized carbons (Fsp3) is 0.286. The Balaban J connectivity index is 0.00000200. The maximum atomic E-state index is 12.0. The molecule has 2 rings (SSSR count). The summed E-state index contributed by atoms with van der Waals surface area (Å²) >= 11 is 0. The second kappa shape index (κ2) is 7.07. The Hall–Kier alpha value is -1.85. The Morgan fingerprint density at radius 2 is 2.05 bits per heavy atom. The lowest BCUT2D eigenvalue weighted by Gasteiger charge is -2.11. The van der Waals surface area contributed by atoms with Crippen LogP contribution in [0.25, 0.3) is 10.9 Å². The van der Waals surface area contributed by atoms with Gasteiger partial charge in [-0.15, -0.1) is 12.4 Å². The summed E-state index contributed by atoms with van der Waals surface area (Å²) in [5, 5.41) is 6.59. The number of amides is 1. The number of H-pyrrole nitrogens is 1. The van der Waals surface area contributed by atoms with Crippen molar-refractivity contribution in [3.05, 3.63) is 46.2 Å². The predicted molar refractivity (Wildman–Crippen MR) is 82.7 cm³/mol. The van der Waals surface area contributed by atoms with E-state index in [4.69, 9.17) is 0 Å². The van der Waals surface area contributed by atoms with Gasteiger partial charge in [0, 0.05) is 18.1 Å². The molecule has 1 amide bonds. The average molecular weight is 296 g/mol. The summed E-state index contributed by atoms with van der Waals surface area (Å²) in [6.07, 6.45) is 0. The Bertz CT molecular complexity index is 654. The van der Waals surface area contributed by atoms with Crippen molar-refractivity contribution >= 4 is 29.2 Å². The van der Waals surface area contributed by atoms with E-state index in [1.807, 2.05) is 38.2 Å². The first-order chi connectivity index (χ1) is 9.11. The van der Waals surface area contributed by atoms with Gasteiger partial charge in [-0.1, -0.05) is 18.2 Å². The molecule has 5 nitrogen and oxygen atoms in total. The standard InChI is InChI=1S/C14H17N3O2.ClH/c1-9(15-2)8-16-13(18)11-7-10-5-3-4-6-12(10)17-14(11)19;/h3-7,9,15H,8H2,1-2H3,(H,16,18)(H,17,19);1H. The minimum Gasteiger partial charge on any atom is -0.350 e. The van der Waals surface area contributed by atoms with E-state index in [2.05, 4.69) is 15.6 Å². The normalized spacial score (nSPS) is 11.7. The molecule has 6 heteroatoms. The van der Waals surface area contributed by atoms with Gasteiger partial charge >= 0.3 is 0 Å². The van der Waals surface area contributed by atoms with E-state index >= 15 is 0 Å². The lowest BCUT2D eigenvalue weighted by Crippen LogP contribution is -2.38. The summed E-state index contributed by atoms with van der Waals surface area (Å²) in [4.78, 5) is 26.5. The van der Waals surface area contributed by atoms with E-state index in [9.17, 15) is 9.59 Å². The first-order valence-electron chi connectivity index (χ1n) is 6.19. The number of hydrogen-bond donors (Lipinski definition) is 3. The van der Waals surface area contributed by atoms with Gasteiger partial charge in [0.2, 0.25) is 0 Å². The highest BCUT2D eigenvalue weighted by molar-refractivity contribution is 5.97. The van der Waals surface area contributed by atoms with Crippen LogP contribution in [0.5, 0.6) is 0 Å². The molecule has 108 valence electrons. The van der Waals surface area contributed by atoms with Crippen molar-refractivity contribution in [2.75, 3.05) is 13.6 Å². The molecule has 1 aromatic heterocycles. The smallest absolute Gasteiger partial charge is 0.261 e. The number of para-hydroxylation sites is 1. The lowest BCUT2D eigenvalue weighted by molar-refractivity contribution is 0.0949. The van der Waals surface area contributed by atoms with Gasteiger partial charge in [0.1, 0.15) is 5.56 Å². The number of benzene rings is 1. The number of likely N-dealkylation sites (N-methyl/N-ethyl adjacent to an activating group) is 1. The minimum absolute atomic E-state index is 0. The zero-order chi connectivity index (χ0) is 13.8. The van der Waals surface area contributed by atoms with Crippen molar-refractivity contribution in [2.24, 2.45) is 0 Å². The van der Waals surface area contributed by atoms with Crippen LogP contribution in [0.3, 0.4) is 0 Å². The Morgan fingerprint density at radius 1 is 1.35 bits per heavy atom. The number of aromatic amines is 1. The van der Waals surface area contributed by atoms with Gasteiger partial charge in [0.15, 0.2) is 0 Å². The third-order valence-electron chi connectivity index (χ3n) is 3.06. The molecule has 0 fully saturated rings. The Kier molecular flexibility index (Phi) is 5.73. The van der Waals surface area contributed by atoms with E-state index in [1.54, 1.807) is 6.07 Å². The molecule has 0 bridgehead atoms. The molecule has 0 radical (unpaired) electrons. The number of carbonyl (C=O) groups is 1. The molecule has 1 unspecified atom stereocenters. The van der Waals surface area contributed by atoms with Gasteiger partial charge < -0.3 is 15.6 Å². The molecule has 1 atom stereocenters. The molecule has 3 N–H and O–H groups in total. The molecule has 0 saturated heterocycles. The zero-order valence-corrected chi connectivity index (χ0v) is 12.2. The fourth-order valence-corrected chi connectivity index (χ4v) is 1.76. The number of pyridine rings is 1. The fourth-order valence-electron chi connectivity index (χ4n) is 1.76. The van der Waals surface area contributed by atoms with E-state index in [0.29, 0.717) is 6.54 Å². The van der Waals surface area contributed by atoms with Crippen molar-refractivity contribution in [1.82, 2.24) is 15.6 Å². The van der Waals surface area contributed by atoms with E-state index in [0.717, 1.165) is 10.9 Å². The molecule has 1 aromatic carbocycles. The highest BCUT2D eigenvalue weighted by Crippen LogP contribution is 2.09. The van der Waals surface area contributed by atoms with E-state index in [-0.39, 0.29) is 35.5 Å². The quantitative estimate of drug-likeness (QED) is 0.796. The number of nitrogens with one attached hydrogen (secondary N) is 3. The maximum absolute atomic E-state index is 12.0. The molecule has 2 aromatic rings. The highest BCUT2D eigenvalue weighted by atomic mass is 35.5. The molecule has 0 aliphatic rings. The predicted octanol–water partition coefficient (Wildman–Crippen LogP) is 1.29. The van der Waals surface area contributed by atoms with Gasteiger partial charge in [0.25, 0.3) is 11.5 Å². The van der Waals surface area contributed by atoms with E-state index in [1.165, 1.54) is 0 Å². The van der Waals surface area contributed by atoms with Crippen LogP contribution in [0, 0.1) is 0 Å². The van der Waals surface area contributed by atoms with Crippen LogP contribution in [0.4, 0.5) is 0 Å². The lowest BCUT2D eigenvalue weighted by atomic mass is 10.1. The Morgan fingerprint density at radius 3 is 2.75 bits per heavy atom. The molecule has 1 heterocycles. The summed E-state index contributed by atoms with van der Waals surface area (Å²) in [7, 11) is 1.82. The van der Waals surface area contributed by atoms with Gasteiger partial charge in [-0.2, -0.15) is 0 Å². The SMILES string of the molecule is CNC(C)CNC(=O)c1cc2ccccc2[nH]c1=O.Cl. The number of hydrogen-bond acceptors (Lipinski definition) is 3. The summed E-state index contributed by atoms with van der Waals surface area (Å²) in [5.74, 6) is -0.353. The number of carbonyl (C=O) groups excluding carboxylic acids is 1. The Labute approximate surface area is 123 Å². The van der Waals surface area contributed by atoms with Crippen LogP contribution < -0.4 is 16.2 Å². The van der Waals surface area contributed by atoms with Crippen molar-refractivity contribution in [3.63, 3.8) is 0 Å². The minimum atomic E-state index is -0.367. The highest BCUT2D eigenvalue weighted by Gasteiger charge is 2.12. The number of halogens is 1. The third-order valence-corrected chi connectivity index (χ3v) is 3.06. The van der Waals surface area contributed by atoms with Crippen LogP contribution in [0.2, 0.25) is 0 Å². The summed E-state index contributed by atoms with van der Waals surface area (Å²) < 4.78 is 0. The monoisotopic (exact) mass is 295 g/mol. The largest absolute Gasteiger partial charge is 0.350 e. The van der Waals surface area contributed by atoms with Crippen molar-refractivity contribution in [3.8, 4) is 0 Å². The zero-order valence-electron chi connectivity index (χ0n) is 11.4. The number of aromatic nitrogens is 1. The second-order valence-corrected chi connectivity index (χ2v) is 4.50. The van der Waals surface area contributed by atoms with Crippen LogP contribution in [0.1, 0.15) is 17.3 Å². The van der Waals surface area contributed by atoms with Crippen LogP contribution >= 0.6 is 12.4 Å². The van der Waals surface area contributed by atoms with Gasteiger partial charge in [-0.3, -0.25) is 9.59 Å². The second-order valence-electron chi connectivity index (χ2n) is 4.50. The van der Waals surface area contributed by atoms with Gasteiger partial charge in [-0.25, -0.2) is 0 Å². The first kappa shape index (κ1) is 16.2. The van der Waals surface area contributed by atoms with Crippen LogP contribution in [-0.4, -0.2) is 30.5 Å². The van der Waals surface area contributed by atoms with Gasteiger partial charge in [0.05, 0.1) is 0 Å². The van der Waals surface area contributed by atoms with Crippen molar-refractivity contribution in [1.29, 1.82) is 0 Å². The first-order valence-corrected chi connectivity index (χ1v) is 6.19. The molecule has 20 heavy (non-hydrogen) atoms. The summed E-state index contributed by atoms with van der Waals surface area (Å²) in [5.41, 5.74) is 0.503. The molecular weight excluding hydrogens is 278 g/mol. The summed E-state index contributed by atoms with van der Waals surface area (Å²) in [6.45, 7) is 2.42. The number of rotatable bonds is 4. The van der Waals surface area contributed by atoms with Crippen molar-refractivity contribution < 1.29 is 4.79 Å². The average Bonchev–Trinajstić information content (AvgIpc) is 2.43. The van der Waals surface area contributed by atoms with Crippen LogP contribution in [0.15, 0.2) is 35.1 Å². The molecular formula is C14H18ClN3O2. The van der Waals surface area contributed by atoms with E-state index < -0.39 is 0 Å². The summed E-state index contributed by atoms with van der Waals surface area (Å²) in [6, 6.07) is 9.15. The maximum Gasteiger partial charge on any atom is 0.261 e. The molecule has 0 saturated carbocycles. The third kappa shape index (κ3) is 3.59. The van der Waals surface area contributed by atoms with Crippen LogP contribution in [-0.2, 0) is 0 Å². The molecule has 0 aliphatic carbocycles. The van der Waals surface area contributed by atoms with Gasteiger partial charge in [-0.05, 0) is 31.5 Å². The van der Waals surface area contributed by atoms with Crippen molar-refractivity contribution in [2.45, 2.75) is 13.0 Å². The molecule has 0 aliphatic heterocycles.